The van der Waals surface area contributed by atoms with Crippen LogP contribution in [0.15, 0.2) is 24.3 Å². The molecular weight excluding hydrogens is 335 g/mol. The monoisotopic (exact) mass is 358 g/mol. The van der Waals surface area contributed by atoms with Crippen molar-refractivity contribution in [1.82, 2.24) is 10.2 Å². The number of hydrogen-bond acceptors (Lipinski definition) is 3. The molecule has 3 rings (SSSR count). The average Bonchev–Trinajstić information content (AvgIpc) is 2.56. The van der Waals surface area contributed by atoms with Gasteiger partial charge in [-0.1, -0.05) is 29.8 Å². The molecule has 23 heavy (non-hydrogen) atoms. The molecule has 1 N–H and O–H groups in total. The maximum absolute atomic E-state index is 12.8. The van der Waals surface area contributed by atoms with Crippen LogP contribution >= 0.6 is 24.0 Å². The predicted molar refractivity (Wildman–Crippen MR) is 94.2 cm³/mol. The molecule has 2 fully saturated rings. The van der Waals surface area contributed by atoms with E-state index in [9.17, 15) is 4.79 Å². The average molecular weight is 359 g/mol. The Morgan fingerprint density at radius 2 is 2.00 bits per heavy atom. The summed E-state index contributed by atoms with van der Waals surface area (Å²) >= 11 is 6.28. The molecule has 2 saturated heterocycles. The van der Waals surface area contributed by atoms with E-state index in [-0.39, 0.29) is 36.4 Å². The van der Waals surface area contributed by atoms with Crippen molar-refractivity contribution < 1.29 is 9.53 Å². The number of piperidine rings is 1. The lowest BCUT2D eigenvalue weighted by molar-refractivity contribution is -0.149. The summed E-state index contributed by atoms with van der Waals surface area (Å²) in [5, 5.41) is 4.02. The number of nitrogens with one attached hydrogen (secondary N) is 1. The first kappa shape index (κ1) is 18.5. The van der Waals surface area contributed by atoms with Crippen LogP contribution in [-0.2, 0) is 9.53 Å². The zero-order valence-electron chi connectivity index (χ0n) is 13.3. The molecule has 0 aliphatic carbocycles. The number of carbonyl (C=O) groups excluding carboxylic acids is 1. The Labute approximate surface area is 148 Å². The lowest BCUT2D eigenvalue weighted by Gasteiger charge is -2.40. The molecule has 2 aliphatic heterocycles. The van der Waals surface area contributed by atoms with E-state index in [2.05, 4.69) is 12.2 Å². The van der Waals surface area contributed by atoms with E-state index in [0.29, 0.717) is 18.2 Å². The highest BCUT2D eigenvalue weighted by Crippen LogP contribution is 2.31. The van der Waals surface area contributed by atoms with E-state index in [1.807, 2.05) is 29.2 Å². The fourth-order valence-electron chi connectivity index (χ4n) is 3.29. The number of ether oxygens (including phenoxy) is 1. The van der Waals surface area contributed by atoms with E-state index in [4.69, 9.17) is 16.3 Å². The molecule has 0 aromatic heterocycles. The molecule has 128 valence electrons. The standard InChI is InChI=1S/C17H23ClN2O2.ClH/c1-12-11-22-16(14-4-2-3-5-15(14)18)10-20(12)17(21)13-6-8-19-9-7-13;/h2-5,12-13,16,19H,6-11H2,1H3;1H. The molecule has 1 aromatic carbocycles. The van der Waals surface area contributed by atoms with Crippen LogP contribution in [0.25, 0.3) is 0 Å². The number of carbonyl (C=O) groups is 1. The van der Waals surface area contributed by atoms with Crippen LogP contribution in [0.3, 0.4) is 0 Å². The summed E-state index contributed by atoms with van der Waals surface area (Å²) in [6.45, 7) is 5.08. The molecule has 1 amide bonds. The van der Waals surface area contributed by atoms with Gasteiger partial charge in [0.25, 0.3) is 0 Å². The topological polar surface area (TPSA) is 41.6 Å². The second kappa shape index (κ2) is 8.34. The Kier molecular flexibility index (Phi) is 6.72. The number of halogens is 2. The first-order chi connectivity index (χ1) is 10.7. The summed E-state index contributed by atoms with van der Waals surface area (Å²) in [6, 6.07) is 7.85. The molecule has 0 radical (unpaired) electrons. The second-order valence-electron chi connectivity index (χ2n) is 6.21. The SMILES string of the molecule is CC1COC(c2ccccc2Cl)CN1C(=O)C1CCNCC1.Cl. The van der Waals surface area contributed by atoms with Gasteiger partial charge >= 0.3 is 0 Å². The summed E-state index contributed by atoms with van der Waals surface area (Å²) in [5.74, 6) is 0.419. The third kappa shape index (κ3) is 4.18. The number of hydrogen-bond donors (Lipinski definition) is 1. The quantitative estimate of drug-likeness (QED) is 0.883. The molecule has 0 saturated carbocycles. The Morgan fingerprint density at radius 1 is 1.30 bits per heavy atom. The third-order valence-electron chi connectivity index (χ3n) is 4.66. The smallest absolute Gasteiger partial charge is 0.226 e. The fourth-order valence-corrected chi connectivity index (χ4v) is 3.55. The van der Waals surface area contributed by atoms with Crippen LogP contribution in [0.5, 0.6) is 0 Å². The molecule has 2 heterocycles. The van der Waals surface area contributed by atoms with Crippen LogP contribution < -0.4 is 5.32 Å². The summed E-state index contributed by atoms with van der Waals surface area (Å²) < 4.78 is 5.93. The van der Waals surface area contributed by atoms with Crippen molar-refractivity contribution in [3.05, 3.63) is 34.9 Å². The second-order valence-corrected chi connectivity index (χ2v) is 6.61. The van der Waals surface area contributed by atoms with Crippen LogP contribution in [0.2, 0.25) is 5.02 Å². The van der Waals surface area contributed by atoms with Gasteiger partial charge in [-0.05, 0) is 38.9 Å². The molecular formula is C17H24Cl2N2O2. The van der Waals surface area contributed by atoms with Crippen LogP contribution in [0, 0.1) is 5.92 Å². The van der Waals surface area contributed by atoms with E-state index in [1.54, 1.807) is 0 Å². The number of benzene rings is 1. The Balaban J connectivity index is 0.00000192. The first-order valence-electron chi connectivity index (χ1n) is 8.04. The zero-order valence-corrected chi connectivity index (χ0v) is 14.9. The van der Waals surface area contributed by atoms with Gasteiger partial charge in [0, 0.05) is 16.5 Å². The number of amides is 1. The predicted octanol–water partition coefficient (Wildman–Crippen LogP) is 3.05. The normalized spacial score (nSPS) is 25.7. The molecule has 2 atom stereocenters. The maximum atomic E-state index is 12.8. The Morgan fingerprint density at radius 3 is 2.70 bits per heavy atom. The van der Waals surface area contributed by atoms with Crippen molar-refractivity contribution >= 4 is 29.9 Å². The highest BCUT2D eigenvalue weighted by atomic mass is 35.5. The summed E-state index contributed by atoms with van der Waals surface area (Å²) in [7, 11) is 0. The minimum absolute atomic E-state index is 0. The Bertz CT molecular complexity index is 535. The van der Waals surface area contributed by atoms with Gasteiger partial charge < -0.3 is 15.0 Å². The highest BCUT2D eigenvalue weighted by Gasteiger charge is 2.34. The number of morpholine rings is 1. The van der Waals surface area contributed by atoms with Gasteiger partial charge in [0.1, 0.15) is 6.10 Å². The van der Waals surface area contributed by atoms with Crippen LogP contribution in [0.1, 0.15) is 31.4 Å². The third-order valence-corrected chi connectivity index (χ3v) is 5.00. The minimum atomic E-state index is -0.129. The fraction of sp³-hybridized carbons (Fsp3) is 0.588. The van der Waals surface area contributed by atoms with Gasteiger partial charge in [-0.25, -0.2) is 0 Å². The summed E-state index contributed by atoms with van der Waals surface area (Å²) in [6.07, 6.45) is 1.73. The lowest BCUT2D eigenvalue weighted by atomic mass is 9.95. The molecule has 2 aliphatic rings. The maximum Gasteiger partial charge on any atom is 0.226 e. The molecule has 4 nitrogen and oxygen atoms in total. The van der Waals surface area contributed by atoms with Crippen molar-refractivity contribution in [3.63, 3.8) is 0 Å². The van der Waals surface area contributed by atoms with Crippen molar-refractivity contribution in [1.29, 1.82) is 0 Å². The number of nitrogens with zero attached hydrogens (tertiary/aromatic N) is 1. The summed E-state index contributed by atoms with van der Waals surface area (Å²) in [5.41, 5.74) is 0.971. The van der Waals surface area contributed by atoms with E-state index >= 15 is 0 Å². The van der Waals surface area contributed by atoms with E-state index in [0.717, 1.165) is 31.5 Å². The molecule has 1 aromatic rings. The van der Waals surface area contributed by atoms with Crippen molar-refractivity contribution in [2.24, 2.45) is 5.92 Å². The van der Waals surface area contributed by atoms with E-state index in [1.165, 1.54) is 0 Å². The van der Waals surface area contributed by atoms with Crippen LogP contribution in [0.4, 0.5) is 0 Å². The van der Waals surface area contributed by atoms with E-state index < -0.39 is 0 Å². The van der Waals surface area contributed by atoms with Gasteiger partial charge in [-0.2, -0.15) is 0 Å². The molecule has 6 heteroatoms. The van der Waals surface area contributed by atoms with Crippen LogP contribution in [-0.4, -0.2) is 43.1 Å². The molecule has 0 spiro atoms. The zero-order chi connectivity index (χ0) is 15.5. The van der Waals surface area contributed by atoms with Gasteiger partial charge in [0.2, 0.25) is 5.91 Å². The van der Waals surface area contributed by atoms with Gasteiger partial charge in [-0.3, -0.25) is 4.79 Å². The summed E-state index contributed by atoms with van der Waals surface area (Å²) in [4.78, 5) is 14.8. The highest BCUT2D eigenvalue weighted by molar-refractivity contribution is 6.31. The van der Waals surface area contributed by atoms with Gasteiger partial charge in [0.15, 0.2) is 0 Å². The van der Waals surface area contributed by atoms with Crippen molar-refractivity contribution in [2.45, 2.75) is 31.9 Å². The van der Waals surface area contributed by atoms with Gasteiger partial charge in [0.05, 0.1) is 19.2 Å². The van der Waals surface area contributed by atoms with Gasteiger partial charge in [-0.15, -0.1) is 12.4 Å². The lowest BCUT2D eigenvalue weighted by Crippen LogP contribution is -2.51. The molecule has 0 bridgehead atoms. The van der Waals surface area contributed by atoms with Crippen molar-refractivity contribution in [2.75, 3.05) is 26.2 Å². The van der Waals surface area contributed by atoms with Crippen molar-refractivity contribution in [3.8, 4) is 0 Å². The largest absolute Gasteiger partial charge is 0.369 e. The molecule has 2 unspecified atom stereocenters. The number of rotatable bonds is 2. The first-order valence-corrected chi connectivity index (χ1v) is 8.42. The Hall–Kier alpha value is -0.810. The minimum Gasteiger partial charge on any atom is -0.369 e.